The molecule has 2 nitrogen and oxygen atoms in total. The van der Waals surface area contributed by atoms with Gasteiger partial charge in [0, 0.05) is 30.0 Å². The summed E-state index contributed by atoms with van der Waals surface area (Å²) >= 11 is 0. The number of rotatable bonds is 7. The molecule has 338 valence electrons. The van der Waals surface area contributed by atoms with Gasteiger partial charge in [-0.3, -0.25) is 4.79 Å². The summed E-state index contributed by atoms with van der Waals surface area (Å²) in [6, 6.07) is 21.7. The molecule has 0 amide bonds. The van der Waals surface area contributed by atoms with Crippen molar-refractivity contribution in [2.24, 2.45) is 0 Å². The van der Waals surface area contributed by atoms with Gasteiger partial charge >= 0.3 is 0 Å². The van der Waals surface area contributed by atoms with Crippen LogP contribution < -0.4 is 26.4 Å². The lowest BCUT2D eigenvalue weighted by Crippen LogP contribution is -2.81. The van der Waals surface area contributed by atoms with E-state index in [1.807, 2.05) is 49.4 Å². The van der Waals surface area contributed by atoms with Gasteiger partial charge in [-0.2, -0.15) is 4.57 Å². The lowest BCUT2D eigenvalue weighted by molar-refractivity contribution is -0.663. The molecular weight excluding hydrogens is 925 g/mol. The zero-order valence-corrected chi connectivity index (χ0v) is 31.6. The highest BCUT2D eigenvalue weighted by Gasteiger charge is 2.52. The van der Waals surface area contributed by atoms with Crippen molar-refractivity contribution in [3.63, 3.8) is 0 Å². The fourth-order valence-corrected chi connectivity index (χ4v) is 7.31. The zero-order chi connectivity index (χ0) is 48.3. The first-order chi connectivity index (χ1) is 30.5. The molecule has 7 rings (SSSR count). The Morgan fingerprint density at radius 2 is 0.646 bits per heavy atom. The van der Waals surface area contributed by atoms with Gasteiger partial charge in [-0.1, -0.05) is 42.5 Å². The second-order valence-electron chi connectivity index (χ2n) is 13.7. The normalized spacial score (nSPS) is 11.6. The summed E-state index contributed by atoms with van der Waals surface area (Å²) < 4.78 is 296. The van der Waals surface area contributed by atoms with E-state index in [1.165, 1.54) is 0 Å². The Morgan fingerprint density at radius 1 is 0.369 bits per heavy atom. The molecule has 23 heteroatoms. The van der Waals surface area contributed by atoms with Gasteiger partial charge < -0.3 is 0 Å². The van der Waals surface area contributed by atoms with Crippen LogP contribution in [0.5, 0.6) is 0 Å². The number of nitrogens with zero attached hydrogens (tertiary/aromatic N) is 1. The molecule has 0 aliphatic rings. The van der Waals surface area contributed by atoms with Crippen LogP contribution in [0.3, 0.4) is 0 Å². The molecule has 0 saturated carbocycles. The van der Waals surface area contributed by atoms with Crippen molar-refractivity contribution in [3.8, 4) is 0 Å². The van der Waals surface area contributed by atoms with E-state index in [0.717, 1.165) is 22.2 Å². The third kappa shape index (κ3) is 7.39. The number of para-hydroxylation sites is 1. The van der Waals surface area contributed by atoms with Gasteiger partial charge in [0.05, 0.1) is 0 Å². The molecule has 7 aromatic rings. The third-order valence-electron chi connectivity index (χ3n) is 10.3. The first-order valence-corrected chi connectivity index (χ1v) is 17.7. The van der Waals surface area contributed by atoms with E-state index >= 15 is 35.1 Å². The maximum absolute atomic E-state index is 15.4. The number of ketones is 1. The number of aromatic nitrogens is 1. The smallest absolute Gasteiger partial charge is 0.227 e. The molecule has 0 N–H and O–H groups in total. The Hall–Kier alpha value is -6.94. The summed E-state index contributed by atoms with van der Waals surface area (Å²) in [5, 5.41) is 1.15. The fourth-order valence-electron chi connectivity index (χ4n) is 7.31. The molecule has 0 aliphatic carbocycles. The Labute approximate surface area is 349 Å². The molecule has 65 heavy (non-hydrogen) atoms. The van der Waals surface area contributed by atoms with Crippen molar-refractivity contribution in [3.05, 3.63) is 194 Å². The van der Waals surface area contributed by atoms with Crippen molar-refractivity contribution in [1.82, 2.24) is 0 Å². The van der Waals surface area contributed by atoms with Gasteiger partial charge in [0.15, 0.2) is 75.5 Å². The van der Waals surface area contributed by atoms with E-state index < -0.39 is 144 Å². The van der Waals surface area contributed by atoms with Crippen LogP contribution in [0.25, 0.3) is 10.9 Å². The predicted molar refractivity (Wildman–Crippen MR) is 189 cm³/mol. The third-order valence-corrected chi connectivity index (χ3v) is 10.3. The second kappa shape index (κ2) is 17.6. The second-order valence-corrected chi connectivity index (χ2v) is 13.7. The molecule has 0 spiro atoms. The zero-order valence-electron chi connectivity index (χ0n) is 31.6. The predicted octanol–water partition coefficient (Wildman–Crippen LogP) is 9.16. The van der Waals surface area contributed by atoms with E-state index in [-0.39, 0.29) is 5.78 Å². The molecule has 0 radical (unpaired) electrons. The molecule has 1 aromatic heterocycles. The van der Waals surface area contributed by atoms with E-state index in [9.17, 15) is 57.5 Å². The number of Topliss-reactive ketones (excluding diaryl/α,β-unsaturated/α-hetero) is 1. The lowest BCUT2D eigenvalue weighted by atomic mass is 9.12. The van der Waals surface area contributed by atoms with Crippen molar-refractivity contribution in [2.45, 2.75) is 13.5 Å². The topological polar surface area (TPSA) is 20.9 Å². The van der Waals surface area contributed by atoms with Crippen molar-refractivity contribution in [2.75, 3.05) is 0 Å². The minimum atomic E-state index is -7.22. The summed E-state index contributed by atoms with van der Waals surface area (Å²) in [5.41, 5.74) is -11.4. The van der Waals surface area contributed by atoms with Gasteiger partial charge in [0.25, 0.3) is 0 Å². The van der Waals surface area contributed by atoms with Crippen LogP contribution in [0.4, 0.5) is 87.8 Å². The first-order valence-electron chi connectivity index (χ1n) is 17.7. The molecule has 0 atom stereocenters. The Bertz CT molecular complexity index is 2730. The molecule has 0 saturated heterocycles. The van der Waals surface area contributed by atoms with Crippen LogP contribution in [0.2, 0.25) is 0 Å². The van der Waals surface area contributed by atoms with Crippen LogP contribution in [0, 0.1) is 123 Å². The number of carbonyl (C=O) groups is 1. The summed E-state index contributed by atoms with van der Waals surface area (Å²) in [6.45, 7) is 2.40. The van der Waals surface area contributed by atoms with Crippen LogP contribution in [-0.4, -0.2) is 11.9 Å². The number of benzene rings is 6. The van der Waals surface area contributed by atoms with Crippen molar-refractivity contribution < 1.29 is 97.2 Å². The Morgan fingerprint density at radius 3 is 0.969 bits per heavy atom. The van der Waals surface area contributed by atoms with Crippen LogP contribution >= 0.6 is 0 Å². The van der Waals surface area contributed by atoms with E-state index in [1.54, 1.807) is 0 Å². The quantitative estimate of drug-likeness (QED) is 0.0391. The summed E-state index contributed by atoms with van der Waals surface area (Å²) in [5.74, 6) is -71.3. The highest BCUT2D eigenvalue weighted by atomic mass is 19.2. The van der Waals surface area contributed by atoms with Gasteiger partial charge in [0.2, 0.25) is 17.8 Å². The van der Waals surface area contributed by atoms with Crippen LogP contribution in [-0.2, 0) is 6.54 Å². The standard InChI is InChI=1S/C24BF20.C18H16NO/c26-5-1(6(27)14(35)21(42)13(5)34)25(2-7(28)15(36)22(43)16(37)8(2)29,3-9(30)17(38)23(44)18(39)10(3)31)4-11(32)19(40)24(45)20(41)12(4)33;1-14-11-12-15-7-5-6-10-17(15)19(14)13-18(20)16-8-3-2-4-9-16/h;2-12H,13H2,1H3/q-1;+1. The van der Waals surface area contributed by atoms with E-state index in [2.05, 4.69) is 28.8 Å². The minimum absolute atomic E-state index is 0.134. The summed E-state index contributed by atoms with van der Waals surface area (Å²) in [6.07, 6.45) is -7.22. The Balaban J connectivity index is 0.000000289. The fraction of sp³-hybridized carbons (Fsp3) is 0.0476. The van der Waals surface area contributed by atoms with Gasteiger partial charge in [-0.05, 0) is 12.1 Å². The number of pyridine rings is 1. The number of fused-ring (bicyclic) bond motifs is 1. The minimum Gasteiger partial charge on any atom is -0.287 e. The highest BCUT2D eigenvalue weighted by molar-refractivity contribution is 7.20. The van der Waals surface area contributed by atoms with Gasteiger partial charge in [-0.25, -0.2) is 87.8 Å². The van der Waals surface area contributed by atoms with Crippen molar-refractivity contribution in [1.29, 1.82) is 0 Å². The molecule has 0 unspecified atom stereocenters. The number of hydrogen-bond acceptors (Lipinski definition) is 1. The van der Waals surface area contributed by atoms with Crippen LogP contribution in [0.1, 0.15) is 16.1 Å². The molecule has 1 heterocycles. The van der Waals surface area contributed by atoms with Gasteiger partial charge in [-0.15, -0.1) is 21.9 Å². The molecular formula is C42H16BF20NO. The largest absolute Gasteiger partial charge is 0.287 e. The number of hydrogen-bond donors (Lipinski definition) is 0. The molecule has 0 bridgehead atoms. The number of aryl methyl sites for hydroxylation is 1. The SMILES string of the molecule is Cc1ccc2ccccc2[n+]1CC(=O)c1ccccc1.Fc1c(F)c(F)c([B-](c2c(F)c(F)c(F)c(F)c2F)(c2c(F)c(F)c(F)c(F)c2F)c2c(F)c(F)c(F)c(F)c2F)c(F)c1F. The van der Waals surface area contributed by atoms with E-state index in [0.29, 0.717) is 6.54 Å². The average Bonchev–Trinajstić information content (AvgIpc) is 3.30. The van der Waals surface area contributed by atoms with E-state index in [4.69, 9.17) is 0 Å². The lowest BCUT2D eigenvalue weighted by Gasteiger charge is -2.44. The number of halogens is 20. The first kappa shape index (κ1) is 47.5. The maximum Gasteiger partial charge on any atom is 0.227 e. The molecule has 0 fully saturated rings. The Kier molecular flexibility index (Phi) is 12.8. The maximum atomic E-state index is 15.4. The molecule has 0 aliphatic heterocycles. The summed E-state index contributed by atoms with van der Waals surface area (Å²) in [4.78, 5) is 12.4. The van der Waals surface area contributed by atoms with Crippen LogP contribution in [0.15, 0.2) is 66.7 Å². The average molecular weight is 941 g/mol. The number of carbonyl (C=O) groups excluding carboxylic acids is 1. The molecule has 6 aromatic carbocycles. The summed E-state index contributed by atoms with van der Waals surface area (Å²) in [7, 11) is 0. The van der Waals surface area contributed by atoms with Gasteiger partial charge in [0.1, 0.15) is 52.7 Å². The monoisotopic (exact) mass is 941 g/mol. The van der Waals surface area contributed by atoms with Crippen molar-refractivity contribution >= 4 is 44.7 Å². The highest BCUT2D eigenvalue weighted by Crippen LogP contribution is 2.31.